The predicted octanol–water partition coefficient (Wildman–Crippen LogP) is 1.13. The van der Waals surface area contributed by atoms with Crippen LogP contribution in [0.15, 0.2) is 0 Å². The van der Waals surface area contributed by atoms with Crippen LogP contribution < -0.4 is 0 Å². The van der Waals surface area contributed by atoms with Gasteiger partial charge in [0.15, 0.2) is 0 Å². The summed E-state index contributed by atoms with van der Waals surface area (Å²) in [6.07, 6.45) is 0. The summed E-state index contributed by atoms with van der Waals surface area (Å²) < 4.78 is 0. The molecule has 0 atom stereocenters. The molecule has 34 valence electrons. The van der Waals surface area contributed by atoms with E-state index in [9.17, 15) is 0 Å². The first kappa shape index (κ1) is 9.87. The molecule has 0 aromatic rings. The Morgan fingerprint density at radius 1 is 1.33 bits per heavy atom. The molecule has 0 aromatic heterocycles. The molecule has 0 aliphatic heterocycles. The van der Waals surface area contributed by atoms with Crippen LogP contribution >= 0.6 is 0 Å². The SMILES string of the molecule is CC[N-]CC.[H-].[Mg+2]. The van der Waals surface area contributed by atoms with Gasteiger partial charge >= 0.3 is 23.1 Å². The third-order valence-corrected chi connectivity index (χ3v) is 0.447. The van der Waals surface area contributed by atoms with E-state index in [1.54, 1.807) is 0 Å². The Balaban J connectivity index is -0.0000000800. The van der Waals surface area contributed by atoms with E-state index < -0.39 is 0 Å². The molecule has 0 heterocycles. The van der Waals surface area contributed by atoms with Gasteiger partial charge in [0.25, 0.3) is 0 Å². The van der Waals surface area contributed by atoms with E-state index >= 15 is 0 Å². The molecule has 6 heavy (non-hydrogen) atoms. The molecule has 0 N–H and O–H groups in total. The number of nitrogens with zero attached hydrogens (tertiary/aromatic N) is 1. The van der Waals surface area contributed by atoms with E-state index in [1.165, 1.54) is 0 Å². The summed E-state index contributed by atoms with van der Waals surface area (Å²) >= 11 is 0. The van der Waals surface area contributed by atoms with Gasteiger partial charge in [0.2, 0.25) is 0 Å². The predicted molar refractivity (Wildman–Crippen MR) is 31.3 cm³/mol. The van der Waals surface area contributed by atoms with Gasteiger partial charge in [0.1, 0.15) is 0 Å². The summed E-state index contributed by atoms with van der Waals surface area (Å²) in [6.45, 7) is 6.03. The second kappa shape index (κ2) is 9.21. The monoisotopic (exact) mass is 97.1 g/mol. The van der Waals surface area contributed by atoms with E-state index in [1.807, 2.05) is 13.8 Å². The minimum absolute atomic E-state index is 0. The maximum absolute atomic E-state index is 3.97. The standard InChI is InChI=1S/C4H10N.Mg.H/c1-3-5-4-2;;/h3-4H2,1-2H3;;/q-1;+2;-1. The minimum atomic E-state index is 0. The maximum atomic E-state index is 3.97. The van der Waals surface area contributed by atoms with E-state index in [4.69, 9.17) is 0 Å². The van der Waals surface area contributed by atoms with E-state index in [0.29, 0.717) is 0 Å². The molecular formula is C4H11MgN. The van der Waals surface area contributed by atoms with Crippen molar-refractivity contribution in [2.45, 2.75) is 13.8 Å². The van der Waals surface area contributed by atoms with Gasteiger partial charge in [-0.25, -0.2) is 0 Å². The molecule has 2 heteroatoms. The van der Waals surface area contributed by atoms with Gasteiger partial charge in [-0.1, -0.05) is 13.8 Å². The van der Waals surface area contributed by atoms with Gasteiger partial charge in [-0.15, -0.1) is 0 Å². The summed E-state index contributed by atoms with van der Waals surface area (Å²) in [5.74, 6) is 0. The van der Waals surface area contributed by atoms with Crippen molar-refractivity contribution in [1.29, 1.82) is 0 Å². The quantitative estimate of drug-likeness (QED) is 0.459. The van der Waals surface area contributed by atoms with E-state index in [-0.39, 0.29) is 24.5 Å². The van der Waals surface area contributed by atoms with Gasteiger partial charge in [-0.2, -0.15) is 13.1 Å². The Hall–Kier alpha value is 0.726. The summed E-state index contributed by atoms with van der Waals surface area (Å²) in [7, 11) is 0. The fraction of sp³-hybridized carbons (Fsp3) is 1.00. The molecule has 0 amide bonds. The normalized spacial score (nSPS) is 7.00. The summed E-state index contributed by atoms with van der Waals surface area (Å²) in [4.78, 5) is 0. The van der Waals surface area contributed by atoms with Crippen molar-refractivity contribution in [3.8, 4) is 0 Å². The van der Waals surface area contributed by atoms with Crippen LogP contribution in [0, 0.1) is 0 Å². The van der Waals surface area contributed by atoms with Crippen LogP contribution in [0.1, 0.15) is 15.3 Å². The zero-order chi connectivity index (χ0) is 4.12. The summed E-state index contributed by atoms with van der Waals surface area (Å²) in [6, 6.07) is 0. The van der Waals surface area contributed by atoms with Gasteiger partial charge in [0.05, 0.1) is 0 Å². The van der Waals surface area contributed by atoms with Gasteiger partial charge in [0, 0.05) is 0 Å². The zero-order valence-corrected chi connectivity index (χ0v) is 5.98. The largest absolute Gasteiger partial charge is 2.00 e. The average molecular weight is 97.4 g/mol. The van der Waals surface area contributed by atoms with Crippen molar-refractivity contribution in [2.24, 2.45) is 0 Å². The molecular weight excluding hydrogens is 86.4 g/mol. The first-order valence-electron chi connectivity index (χ1n) is 2.05. The fourth-order valence-electron chi connectivity index (χ4n) is 0.224. The number of hydrogen-bond acceptors (Lipinski definition) is 0. The Morgan fingerprint density at radius 3 is 1.67 bits per heavy atom. The van der Waals surface area contributed by atoms with Crippen LogP contribution in [0.25, 0.3) is 5.32 Å². The van der Waals surface area contributed by atoms with Crippen molar-refractivity contribution in [3.63, 3.8) is 0 Å². The molecule has 1 nitrogen and oxygen atoms in total. The average Bonchev–Trinajstić information content (AvgIpc) is 1.41. The molecule has 0 aliphatic rings. The zero-order valence-electron chi connectivity index (χ0n) is 5.57. The number of rotatable bonds is 2. The van der Waals surface area contributed by atoms with Crippen LogP contribution in [0.3, 0.4) is 0 Å². The van der Waals surface area contributed by atoms with Gasteiger partial charge < -0.3 is 6.74 Å². The molecule has 0 saturated carbocycles. The van der Waals surface area contributed by atoms with E-state index in [0.717, 1.165) is 13.1 Å². The Labute approximate surface area is 57.1 Å². The van der Waals surface area contributed by atoms with Crippen LogP contribution in [0.2, 0.25) is 0 Å². The fourth-order valence-corrected chi connectivity index (χ4v) is 0.224. The summed E-state index contributed by atoms with van der Waals surface area (Å²) in [5.41, 5.74) is 0. The first-order valence-corrected chi connectivity index (χ1v) is 2.05. The molecule has 0 aromatic carbocycles. The second-order valence-corrected chi connectivity index (χ2v) is 0.856. The molecule has 0 saturated heterocycles. The molecule has 0 rings (SSSR count). The van der Waals surface area contributed by atoms with Crippen molar-refractivity contribution < 1.29 is 1.43 Å². The Kier molecular flexibility index (Phi) is 15.2. The Morgan fingerprint density at radius 2 is 1.67 bits per heavy atom. The van der Waals surface area contributed by atoms with E-state index in [2.05, 4.69) is 5.32 Å². The molecule has 0 aliphatic carbocycles. The molecule has 0 radical (unpaired) electrons. The summed E-state index contributed by atoms with van der Waals surface area (Å²) in [5, 5.41) is 3.97. The van der Waals surface area contributed by atoms with Crippen molar-refractivity contribution in [1.82, 2.24) is 0 Å². The molecule has 0 unspecified atom stereocenters. The van der Waals surface area contributed by atoms with Crippen molar-refractivity contribution in [2.75, 3.05) is 13.1 Å². The van der Waals surface area contributed by atoms with Crippen LogP contribution in [0.4, 0.5) is 0 Å². The number of hydrogen-bond donors (Lipinski definition) is 0. The van der Waals surface area contributed by atoms with Gasteiger partial charge in [-0.05, 0) is 0 Å². The molecule has 0 fully saturated rings. The van der Waals surface area contributed by atoms with Crippen LogP contribution in [0.5, 0.6) is 0 Å². The smallest absolute Gasteiger partial charge is 1.00 e. The third kappa shape index (κ3) is 8.83. The minimum Gasteiger partial charge on any atom is -1.00 e. The van der Waals surface area contributed by atoms with Crippen LogP contribution in [-0.4, -0.2) is 36.1 Å². The first-order chi connectivity index (χ1) is 2.41. The van der Waals surface area contributed by atoms with Crippen LogP contribution in [-0.2, 0) is 0 Å². The second-order valence-electron chi connectivity index (χ2n) is 0.856. The van der Waals surface area contributed by atoms with Crippen molar-refractivity contribution >= 4 is 23.1 Å². The Bertz CT molecular complexity index is 19.2. The van der Waals surface area contributed by atoms with Gasteiger partial charge in [-0.3, -0.25) is 0 Å². The molecule has 0 spiro atoms. The molecule has 0 bridgehead atoms. The topological polar surface area (TPSA) is 14.1 Å². The third-order valence-electron chi connectivity index (χ3n) is 0.447. The van der Waals surface area contributed by atoms with Crippen molar-refractivity contribution in [3.05, 3.63) is 5.32 Å². The maximum Gasteiger partial charge on any atom is 2.00 e.